The number of hydrogen-bond acceptors (Lipinski definition) is 7. The van der Waals surface area contributed by atoms with Crippen molar-refractivity contribution in [3.05, 3.63) is 71.8 Å². The van der Waals surface area contributed by atoms with Gasteiger partial charge >= 0.3 is 5.97 Å². The minimum Gasteiger partial charge on any atom is -0.493 e. The summed E-state index contributed by atoms with van der Waals surface area (Å²) in [6.07, 6.45) is 1.75. The van der Waals surface area contributed by atoms with Crippen molar-refractivity contribution in [2.75, 3.05) is 18.6 Å². The first-order valence-electron chi connectivity index (χ1n) is 12.6. The van der Waals surface area contributed by atoms with Crippen molar-refractivity contribution in [2.24, 2.45) is 11.8 Å². The number of carbonyl (C=O) groups excluding carboxylic acids is 3. The summed E-state index contributed by atoms with van der Waals surface area (Å²) < 4.78 is 17.3. The Labute approximate surface area is 219 Å². The first-order valence-corrected chi connectivity index (χ1v) is 12.6. The summed E-state index contributed by atoms with van der Waals surface area (Å²) >= 11 is 0. The first kappa shape index (κ1) is 24.1. The van der Waals surface area contributed by atoms with E-state index in [0.717, 1.165) is 0 Å². The van der Waals surface area contributed by atoms with Crippen molar-refractivity contribution in [1.29, 1.82) is 5.26 Å². The van der Waals surface area contributed by atoms with E-state index in [-0.39, 0.29) is 18.4 Å². The predicted octanol–water partition coefficient (Wildman–Crippen LogP) is 4.39. The maximum absolute atomic E-state index is 14.0. The fourth-order valence-electron chi connectivity index (χ4n) is 6.60. The van der Waals surface area contributed by atoms with Crippen LogP contribution in [0.2, 0.25) is 0 Å². The molecule has 8 nitrogen and oxygen atoms in total. The molecule has 38 heavy (non-hydrogen) atoms. The van der Waals surface area contributed by atoms with Gasteiger partial charge in [0.1, 0.15) is 5.75 Å². The Morgan fingerprint density at radius 2 is 1.82 bits per heavy atom. The molecule has 3 aromatic carbocycles. The summed E-state index contributed by atoms with van der Waals surface area (Å²) in [6, 6.07) is 19.6. The second-order valence-electron chi connectivity index (χ2n) is 10.4. The molecule has 0 unspecified atom stereocenters. The van der Waals surface area contributed by atoms with Gasteiger partial charge in [0.25, 0.3) is 0 Å². The second-order valence-corrected chi connectivity index (χ2v) is 10.4. The summed E-state index contributed by atoms with van der Waals surface area (Å²) in [7, 11) is 1.32. The summed E-state index contributed by atoms with van der Waals surface area (Å²) in [6.45, 7) is 2.18. The lowest BCUT2D eigenvalue weighted by molar-refractivity contribution is -0.131. The van der Waals surface area contributed by atoms with Crippen LogP contribution in [0.1, 0.15) is 42.1 Å². The molecule has 8 heteroatoms. The SMILES string of the molecule is COC(=O)c1cccc(OCC[C@]23CC[C@](C)(O2)[C@@H]2C(=O)N(c4ccc(C#N)c5ccccc45)C(=O)[C@@H]23)c1. The van der Waals surface area contributed by atoms with Crippen molar-refractivity contribution < 1.29 is 28.6 Å². The molecule has 0 aliphatic carbocycles. The van der Waals surface area contributed by atoms with E-state index in [0.29, 0.717) is 52.6 Å². The summed E-state index contributed by atoms with van der Waals surface area (Å²) in [5, 5.41) is 10.9. The van der Waals surface area contributed by atoms with E-state index in [9.17, 15) is 19.6 Å². The Kier molecular flexibility index (Phi) is 5.51. The number of carbonyl (C=O) groups is 3. The Morgan fingerprint density at radius 3 is 2.58 bits per heavy atom. The third kappa shape index (κ3) is 3.42. The lowest BCUT2D eigenvalue weighted by Crippen LogP contribution is -2.43. The molecule has 0 spiro atoms. The Bertz CT molecular complexity index is 1540. The summed E-state index contributed by atoms with van der Waals surface area (Å²) in [4.78, 5) is 41.0. The van der Waals surface area contributed by atoms with Gasteiger partial charge in [-0.15, -0.1) is 0 Å². The number of rotatable bonds is 6. The number of nitriles is 1. The monoisotopic (exact) mass is 510 g/mol. The predicted molar refractivity (Wildman–Crippen MR) is 137 cm³/mol. The number of benzene rings is 3. The molecule has 3 aliphatic rings. The number of ether oxygens (including phenoxy) is 3. The molecule has 3 saturated heterocycles. The highest BCUT2D eigenvalue weighted by molar-refractivity contribution is 6.26. The van der Waals surface area contributed by atoms with Gasteiger partial charge in [0, 0.05) is 17.2 Å². The van der Waals surface area contributed by atoms with Crippen LogP contribution < -0.4 is 9.64 Å². The maximum atomic E-state index is 14.0. The molecule has 2 bridgehead atoms. The molecular formula is C30H26N2O6. The van der Waals surface area contributed by atoms with Gasteiger partial charge in [-0.1, -0.05) is 30.3 Å². The van der Waals surface area contributed by atoms with Crippen LogP contribution in [-0.2, 0) is 19.1 Å². The molecule has 4 atom stereocenters. The zero-order valence-electron chi connectivity index (χ0n) is 21.1. The van der Waals surface area contributed by atoms with Crippen molar-refractivity contribution in [1.82, 2.24) is 0 Å². The maximum Gasteiger partial charge on any atom is 0.337 e. The number of hydrogen-bond donors (Lipinski definition) is 0. The van der Waals surface area contributed by atoms with Crippen molar-refractivity contribution in [2.45, 2.75) is 37.4 Å². The molecule has 3 heterocycles. The third-order valence-corrected chi connectivity index (χ3v) is 8.32. The molecule has 3 fully saturated rings. The number of nitrogens with zero attached hydrogens (tertiary/aromatic N) is 2. The molecule has 0 saturated carbocycles. The molecule has 0 radical (unpaired) electrons. The highest BCUT2D eigenvalue weighted by Crippen LogP contribution is 2.62. The van der Waals surface area contributed by atoms with Crippen LogP contribution in [0, 0.1) is 23.2 Å². The number of amides is 2. The standard InChI is InChI=1S/C30H26N2O6/c1-29-12-13-30(38-29,14-15-37-20-7-5-6-18(16-20)28(35)36-2)25-24(29)26(33)32(27(25)34)23-11-10-19(17-31)21-8-3-4-9-22(21)23/h3-11,16,24-25H,12-15H2,1-2H3/t24-,25+,29-,30-/m0/s1. The van der Waals surface area contributed by atoms with Crippen LogP contribution >= 0.6 is 0 Å². The van der Waals surface area contributed by atoms with Crippen molar-refractivity contribution in [3.63, 3.8) is 0 Å². The lowest BCUT2D eigenvalue weighted by atomic mass is 9.67. The molecule has 6 rings (SSSR count). The van der Waals surface area contributed by atoms with Gasteiger partial charge < -0.3 is 14.2 Å². The number of methoxy groups -OCH3 is 1. The fourth-order valence-corrected chi connectivity index (χ4v) is 6.60. The van der Waals surface area contributed by atoms with Crippen LogP contribution in [0.3, 0.4) is 0 Å². The van der Waals surface area contributed by atoms with E-state index < -0.39 is 29.0 Å². The van der Waals surface area contributed by atoms with Crippen LogP contribution in [0.25, 0.3) is 10.8 Å². The first-order chi connectivity index (χ1) is 18.3. The van der Waals surface area contributed by atoms with E-state index in [1.165, 1.54) is 12.0 Å². The number of imide groups is 1. The number of anilines is 1. The molecule has 3 aromatic rings. The van der Waals surface area contributed by atoms with Gasteiger partial charge in [-0.05, 0) is 50.1 Å². The molecular weight excluding hydrogens is 484 g/mol. The minimum atomic E-state index is -0.816. The molecule has 0 N–H and O–H groups in total. The Morgan fingerprint density at radius 1 is 1.05 bits per heavy atom. The van der Waals surface area contributed by atoms with E-state index in [2.05, 4.69) is 6.07 Å². The van der Waals surface area contributed by atoms with Gasteiger partial charge in [0.15, 0.2) is 0 Å². The Balaban J connectivity index is 1.29. The minimum absolute atomic E-state index is 0.255. The highest BCUT2D eigenvalue weighted by atomic mass is 16.5. The molecule has 0 aromatic heterocycles. The van der Waals surface area contributed by atoms with Crippen molar-refractivity contribution in [3.8, 4) is 11.8 Å². The second kappa shape index (κ2) is 8.67. The number of esters is 1. The Hall–Kier alpha value is -4.22. The van der Waals surface area contributed by atoms with Gasteiger partial charge in [-0.25, -0.2) is 9.69 Å². The van der Waals surface area contributed by atoms with Crippen LogP contribution in [-0.4, -0.2) is 42.7 Å². The van der Waals surface area contributed by atoms with E-state index in [4.69, 9.17) is 14.2 Å². The fraction of sp³-hybridized carbons (Fsp3) is 0.333. The quantitative estimate of drug-likeness (QED) is 0.358. The molecule has 3 aliphatic heterocycles. The number of fused-ring (bicyclic) bond motifs is 6. The summed E-state index contributed by atoms with van der Waals surface area (Å²) in [5.74, 6) is -1.67. The summed E-state index contributed by atoms with van der Waals surface area (Å²) in [5.41, 5.74) is -0.180. The average molecular weight is 511 g/mol. The zero-order chi connectivity index (χ0) is 26.7. The lowest BCUT2D eigenvalue weighted by Gasteiger charge is -2.31. The van der Waals surface area contributed by atoms with Gasteiger partial charge in [0.2, 0.25) is 11.8 Å². The van der Waals surface area contributed by atoms with E-state index in [1.54, 1.807) is 36.4 Å². The molecule has 2 amide bonds. The van der Waals surface area contributed by atoms with Gasteiger partial charge in [-0.3, -0.25) is 9.59 Å². The van der Waals surface area contributed by atoms with E-state index in [1.807, 2.05) is 31.2 Å². The highest BCUT2D eigenvalue weighted by Gasteiger charge is 2.73. The largest absolute Gasteiger partial charge is 0.493 e. The topological polar surface area (TPSA) is 106 Å². The van der Waals surface area contributed by atoms with Crippen LogP contribution in [0.4, 0.5) is 5.69 Å². The normalized spacial score (nSPS) is 27.4. The van der Waals surface area contributed by atoms with Crippen LogP contribution in [0.15, 0.2) is 60.7 Å². The zero-order valence-corrected chi connectivity index (χ0v) is 21.1. The van der Waals surface area contributed by atoms with Gasteiger partial charge in [-0.2, -0.15) is 5.26 Å². The molecule has 192 valence electrons. The smallest absolute Gasteiger partial charge is 0.337 e. The van der Waals surface area contributed by atoms with Crippen LogP contribution in [0.5, 0.6) is 5.75 Å². The van der Waals surface area contributed by atoms with E-state index >= 15 is 0 Å². The van der Waals surface area contributed by atoms with Gasteiger partial charge in [0.05, 0.1) is 59.6 Å². The van der Waals surface area contributed by atoms with Crippen molar-refractivity contribution >= 4 is 34.2 Å². The third-order valence-electron chi connectivity index (χ3n) is 8.32. The average Bonchev–Trinajstić information content (AvgIpc) is 3.52.